The van der Waals surface area contributed by atoms with Crippen LogP contribution in [0.3, 0.4) is 0 Å². The fourth-order valence-electron chi connectivity index (χ4n) is 4.04. The first-order valence-electron chi connectivity index (χ1n) is 9.82. The van der Waals surface area contributed by atoms with Crippen molar-refractivity contribution < 1.29 is 13.5 Å². The van der Waals surface area contributed by atoms with Crippen LogP contribution in [0.5, 0.6) is 5.75 Å². The summed E-state index contributed by atoms with van der Waals surface area (Å²) in [6, 6.07) is 13.0. The lowest BCUT2D eigenvalue weighted by atomic mass is 9.88. The van der Waals surface area contributed by atoms with Crippen LogP contribution in [0.15, 0.2) is 52.3 Å². The number of benzene rings is 2. The molecule has 2 aromatic rings. The van der Waals surface area contributed by atoms with Crippen LogP contribution in [0.1, 0.15) is 56.7 Å². The molecule has 0 saturated heterocycles. The summed E-state index contributed by atoms with van der Waals surface area (Å²) in [7, 11) is -3.55. The lowest BCUT2D eigenvalue weighted by Crippen LogP contribution is -2.50. The van der Waals surface area contributed by atoms with Gasteiger partial charge in [-0.25, -0.2) is 8.42 Å². The zero-order chi connectivity index (χ0) is 20.4. The van der Waals surface area contributed by atoms with E-state index < -0.39 is 15.4 Å². The van der Waals surface area contributed by atoms with E-state index in [1.54, 1.807) is 0 Å². The molecule has 1 aliphatic rings. The molecule has 6 heteroatoms. The Hall–Kier alpha value is -1.50. The fraction of sp³-hybridized carbons (Fsp3) is 0.455. The van der Waals surface area contributed by atoms with Gasteiger partial charge in [0.2, 0.25) is 0 Å². The van der Waals surface area contributed by atoms with Crippen LogP contribution < -0.4 is 5.32 Å². The number of phenols is 1. The van der Waals surface area contributed by atoms with Crippen LogP contribution in [-0.4, -0.2) is 31.1 Å². The molecule has 2 unspecified atom stereocenters. The van der Waals surface area contributed by atoms with Crippen LogP contribution in [0.4, 0.5) is 0 Å². The van der Waals surface area contributed by atoms with Crippen molar-refractivity contribution in [3.63, 3.8) is 0 Å². The lowest BCUT2D eigenvalue weighted by Gasteiger charge is -2.36. The number of rotatable bonds is 6. The van der Waals surface area contributed by atoms with Crippen molar-refractivity contribution in [2.75, 3.05) is 12.0 Å². The molecule has 1 aliphatic heterocycles. The SMILES string of the molecule is CCCCC1(CC)CS(=O)(=O)c2cc(O)c(SC)cc2C(c2ccccc2)N1. The van der Waals surface area contributed by atoms with E-state index in [1.807, 2.05) is 42.7 Å². The summed E-state index contributed by atoms with van der Waals surface area (Å²) in [5.74, 6) is 0.0735. The highest BCUT2D eigenvalue weighted by atomic mass is 32.2. The first-order valence-corrected chi connectivity index (χ1v) is 12.7. The molecule has 28 heavy (non-hydrogen) atoms. The van der Waals surface area contributed by atoms with E-state index in [9.17, 15) is 13.5 Å². The third-order valence-electron chi connectivity index (χ3n) is 5.69. The van der Waals surface area contributed by atoms with E-state index in [0.717, 1.165) is 36.8 Å². The van der Waals surface area contributed by atoms with E-state index >= 15 is 0 Å². The molecule has 1 heterocycles. The zero-order valence-corrected chi connectivity index (χ0v) is 18.4. The standard InChI is InChI=1S/C22H29NO3S2/c1-4-6-12-22(5-2)15-28(25,26)20-14-18(24)19(27-3)13-17(20)21(23-22)16-10-8-7-9-11-16/h7-11,13-14,21,23-24H,4-6,12,15H2,1-3H3. The molecule has 2 N–H and O–H groups in total. The minimum Gasteiger partial charge on any atom is -0.507 e. The predicted octanol–water partition coefficient (Wildman–Crippen LogP) is 4.92. The molecule has 0 saturated carbocycles. The van der Waals surface area contributed by atoms with Gasteiger partial charge >= 0.3 is 0 Å². The molecule has 4 nitrogen and oxygen atoms in total. The Morgan fingerprint density at radius 1 is 1.21 bits per heavy atom. The van der Waals surface area contributed by atoms with Crippen LogP contribution in [0.25, 0.3) is 0 Å². The van der Waals surface area contributed by atoms with Gasteiger partial charge < -0.3 is 5.11 Å². The van der Waals surface area contributed by atoms with E-state index in [2.05, 4.69) is 19.2 Å². The maximum Gasteiger partial charge on any atom is 0.180 e. The summed E-state index contributed by atoms with van der Waals surface area (Å²) < 4.78 is 26.8. The number of thioether (sulfide) groups is 1. The van der Waals surface area contributed by atoms with E-state index in [4.69, 9.17) is 0 Å². The van der Waals surface area contributed by atoms with Gasteiger partial charge in [-0.15, -0.1) is 11.8 Å². The fourth-order valence-corrected chi connectivity index (χ4v) is 6.69. The van der Waals surface area contributed by atoms with Crippen molar-refractivity contribution in [2.24, 2.45) is 0 Å². The Bertz CT molecular complexity index is 928. The molecule has 0 bridgehead atoms. The molecule has 0 fully saturated rings. The first-order chi connectivity index (χ1) is 13.4. The van der Waals surface area contributed by atoms with Crippen molar-refractivity contribution in [3.8, 4) is 5.75 Å². The van der Waals surface area contributed by atoms with Crippen molar-refractivity contribution >= 4 is 21.6 Å². The van der Waals surface area contributed by atoms with Gasteiger partial charge in [0.25, 0.3) is 0 Å². The molecule has 2 atom stereocenters. The summed E-state index contributed by atoms with van der Waals surface area (Å²) in [6.45, 7) is 4.18. The smallest absolute Gasteiger partial charge is 0.180 e. The summed E-state index contributed by atoms with van der Waals surface area (Å²) >= 11 is 1.42. The maximum absolute atomic E-state index is 13.4. The minimum absolute atomic E-state index is 0.0270. The van der Waals surface area contributed by atoms with Gasteiger partial charge in [0.1, 0.15) is 5.75 Å². The molecule has 0 aliphatic carbocycles. The first kappa shape index (κ1) is 21.2. The normalized spacial score (nSPS) is 23.8. The Labute approximate surface area is 172 Å². The van der Waals surface area contributed by atoms with Crippen molar-refractivity contribution in [3.05, 3.63) is 53.6 Å². The Balaban J connectivity index is 2.25. The molecule has 0 aromatic heterocycles. The second kappa shape index (κ2) is 8.47. The number of hydrogen-bond acceptors (Lipinski definition) is 5. The average Bonchev–Trinajstić information content (AvgIpc) is 2.79. The van der Waals surface area contributed by atoms with Gasteiger partial charge in [0.05, 0.1) is 16.7 Å². The van der Waals surface area contributed by atoms with Gasteiger partial charge in [-0.3, -0.25) is 5.32 Å². The minimum atomic E-state index is -3.55. The summed E-state index contributed by atoms with van der Waals surface area (Å²) in [4.78, 5) is 0.935. The van der Waals surface area contributed by atoms with Gasteiger partial charge in [-0.1, -0.05) is 57.0 Å². The molecule has 152 valence electrons. The van der Waals surface area contributed by atoms with Gasteiger partial charge in [-0.05, 0) is 36.3 Å². The molecular formula is C22H29NO3S2. The summed E-state index contributed by atoms with van der Waals surface area (Å²) in [5.41, 5.74) is 1.26. The largest absolute Gasteiger partial charge is 0.507 e. The quantitative estimate of drug-likeness (QED) is 0.651. The maximum atomic E-state index is 13.4. The molecule has 0 radical (unpaired) electrons. The van der Waals surface area contributed by atoms with E-state index in [-0.39, 0.29) is 22.4 Å². The molecule has 0 spiro atoms. The van der Waals surface area contributed by atoms with Crippen LogP contribution >= 0.6 is 11.8 Å². The zero-order valence-electron chi connectivity index (χ0n) is 16.7. The predicted molar refractivity (Wildman–Crippen MR) is 116 cm³/mol. The van der Waals surface area contributed by atoms with Crippen LogP contribution in [0, 0.1) is 0 Å². The van der Waals surface area contributed by atoms with Gasteiger partial charge in [0.15, 0.2) is 9.84 Å². The second-order valence-corrected chi connectivity index (χ2v) is 10.4. The Morgan fingerprint density at radius 2 is 1.93 bits per heavy atom. The number of sulfone groups is 1. The van der Waals surface area contributed by atoms with E-state index in [1.165, 1.54) is 17.8 Å². The number of hydrogen-bond donors (Lipinski definition) is 2. The number of unbranched alkanes of at least 4 members (excludes halogenated alkanes) is 1. The van der Waals surface area contributed by atoms with Crippen molar-refractivity contribution in [2.45, 2.75) is 60.9 Å². The number of aromatic hydroxyl groups is 1. The Kier molecular flexibility index (Phi) is 6.42. The van der Waals surface area contributed by atoms with E-state index in [0.29, 0.717) is 4.90 Å². The highest BCUT2D eigenvalue weighted by molar-refractivity contribution is 7.98. The number of fused-ring (bicyclic) bond motifs is 1. The number of nitrogens with one attached hydrogen (secondary N) is 1. The molecular weight excluding hydrogens is 390 g/mol. The number of phenolic OH excluding ortho intramolecular Hbond substituents is 1. The van der Waals surface area contributed by atoms with Crippen molar-refractivity contribution in [1.82, 2.24) is 5.32 Å². The molecule has 2 aromatic carbocycles. The van der Waals surface area contributed by atoms with Crippen LogP contribution in [-0.2, 0) is 9.84 Å². The highest BCUT2D eigenvalue weighted by Crippen LogP contribution is 2.42. The molecule has 0 amide bonds. The summed E-state index contributed by atoms with van der Waals surface area (Å²) in [5, 5.41) is 14.1. The second-order valence-electron chi connectivity index (χ2n) is 7.55. The van der Waals surface area contributed by atoms with Gasteiger partial charge in [0, 0.05) is 16.5 Å². The summed E-state index contributed by atoms with van der Waals surface area (Å²) in [6.07, 6.45) is 5.40. The topological polar surface area (TPSA) is 66.4 Å². The van der Waals surface area contributed by atoms with Gasteiger partial charge in [-0.2, -0.15) is 0 Å². The third kappa shape index (κ3) is 4.09. The monoisotopic (exact) mass is 419 g/mol. The molecule has 3 rings (SSSR count). The third-order valence-corrected chi connectivity index (χ3v) is 8.42. The van der Waals surface area contributed by atoms with Crippen molar-refractivity contribution in [1.29, 1.82) is 0 Å². The lowest BCUT2D eigenvalue weighted by molar-refractivity contribution is 0.294. The Morgan fingerprint density at radius 3 is 2.54 bits per heavy atom. The highest BCUT2D eigenvalue weighted by Gasteiger charge is 2.42. The average molecular weight is 420 g/mol. The van der Waals surface area contributed by atoms with Crippen LogP contribution in [0.2, 0.25) is 0 Å².